The normalized spacial score (nSPS) is 12.2. The van der Waals surface area contributed by atoms with Crippen LogP contribution in [-0.2, 0) is 0 Å². The Labute approximate surface area is 84.3 Å². The molecule has 78 valence electrons. The zero-order valence-corrected chi connectivity index (χ0v) is 8.78. The van der Waals surface area contributed by atoms with Gasteiger partial charge in [0.25, 0.3) is 0 Å². The second kappa shape index (κ2) is 5.44. The maximum absolute atomic E-state index is 5.61. The van der Waals surface area contributed by atoms with Crippen LogP contribution in [0.2, 0.25) is 0 Å². The summed E-state index contributed by atoms with van der Waals surface area (Å²) in [6.07, 6.45) is 1.80. The molecule has 0 spiro atoms. The van der Waals surface area contributed by atoms with Crippen LogP contribution < -0.4 is 14.8 Å². The van der Waals surface area contributed by atoms with Crippen LogP contribution in [0.15, 0.2) is 18.3 Å². The average molecular weight is 196 g/mol. The number of rotatable bonds is 5. The summed E-state index contributed by atoms with van der Waals surface area (Å²) < 4.78 is 10.6. The fourth-order valence-corrected chi connectivity index (χ4v) is 1.14. The third-order valence-electron chi connectivity index (χ3n) is 1.74. The molecule has 1 N–H and O–H groups in total. The lowest BCUT2D eigenvalue weighted by Crippen LogP contribution is -2.25. The number of likely N-dealkylation sites (N-methyl/N-ethyl adjacent to an activating group) is 1. The lowest BCUT2D eigenvalue weighted by atomic mass is 10.4. The molecule has 1 aromatic rings. The Morgan fingerprint density at radius 3 is 3.00 bits per heavy atom. The van der Waals surface area contributed by atoms with Crippen LogP contribution in [-0.4, -0.2) is 31.8 Å². The van der Waals surface area contributed by atoms with Gasteiger partial charge in [-0.3, -0.25) is 0 Å². The fourth-order valence-electron chi connectivity index (χ4n) is 1.14. The van der Waals surface area contributed by atoms with Gasteiger partial charge in [-0.1, -0.05) is 0 Å². The molecule has 1 rings (SSSR count). The highest BCUT2D eigenvalue weighted by atomic mass is 16.5. The van der Waals surface area contributed by atoms with Crippen molar-refractivity contribution in [1.29, 1.82) is 0 Å². The first-order valence-electron chi connectivity index (χ1n) is 4.57. The number of pyridine rings is 1. The van der Waals surface area contributed by atoms with Gasteiger partial charge in [-0.25, -0.2) is 4.98 Å². The number of methoxy groups -OCH3 is 1. The molecule has 0 saturated heterocycles. The quantitative estimate of drug-likeness (QED) is 0.765. The van der Waals surface area contributed by atoms with Crippen molar-refractivity contribution in [3.63, 3.8) is 0 Å². The topological polar surface area (TPSA) is 43.4 Å². The molecule has 1 unspecified atom stereocenters. The van der Waals surface area contributed by atoms with Crippen molar-refractivity contribution < 1.29 is 9.47 Å². The van der Waals surface area contributed by atoms with E-state index in [1.165, 1.54) is 0 Å². The number of nitrogens with one attached hydrogen (secondary N) is 1. The van der Waals surface area contributed by atoms with Gasteiger partial charge in [0.05, 0.1) is 7.11 Å². The molecule has 0 saturated carbocycles. The molecule has 0 aliphatic carbocycles. The van der Waals surface area contributed by atoms with Crippen molar-refractivity contribution in [2.24, 2.45) is 0 Å². The van der Waals surface area contributed by atoms with Gasteiger partial charge in [-0.15, -0.1) is 0 Å². The maximum Gasteiger partial charge on any atom is 0.216 e. The first kappa shape index (κ1) is 10.8. The smallest absolute Gasteiger partial charge is 0.216 e. The van der Waals surface area contributed by atoms with Gasteiger partial charge >= 0.3 is 0 Å². The van der Waals surface area contributed by atoms with E-state index in [-0.39, 0.29) is 6.10 Å². The van der Waals surface area contributed by atoms with Crippen molar-refractivity contribution in [3.8, 4) is 11.6 Å². The minimum absolute atomic E-state index is 0.132. The molecule has 1 atom stereocenters. The number of hydrogen-bond donors (Lipinski definition) is 1. The zero-order chi connectivity index (χ0) is 10.4. The number of hydrogen-bond acceptors (Lipinski definition) is 4. The van der Waals surface area contributed by atoms with Crippen LogP contribution in [0.1, 0.15) is 6.92 Å². The molecule has 0 aromatic carbocycles. The lowest BCUT2D eigenvalue weighted by Gasteiger charge is -2.14. The molecule has 0 bridgehead atoms. The molecule has 0 aliphatic heterocycles. The summed E-state index contributed by atoms with van der Waals surface area (Å²) in [5.41, 5.74) is 0. The van der Waals surface area contributed by atoms with Crippen LogP contribution in [0.25, 0.3) is 0 Å². The van der Waals surface area contributed by atoms with Gasteiger partial charge in [0, 0.05) is 18.8 Å². The van der Waals surface area contributed by atoms with Crippen molar-refractivity contribution in [2.75, 3.05) is 20.7 Å². The van der Waals surface area contributed by atoms with Crippen LogP contribution in [0.4, 0.5) is 0 Å². The van der Waals surface area contributed by atoms with E-state index >= 15 is 0 Å². The first-order chi connectivity index (χ1) is 6.76. The van der Waals surface area contributed by atoms with Crippen molar-refractivity contribution >= 4 is 0 Å². The minimum Gasteiger partial charge on any atom is -0.489 e. The standard InChI is InChI=1S/C10H16N2O2/c1-8(7-11-2)14-9-4-5-12-10(6-9)13-3/h4-6,8,11H,7H2,1-3H3. The van der Waals surface area contributed by atoms with Crippen molar-refractivity contribution in [1.82, 2.24) is 10.3 Å². The lowest BCUT2D eigenvalue weighted by molar-refractivity contribution is 0.219. The summed E-state index contributed by atoms with van der Waals surface area (Å²) in [5, 5.41) is 3.04. The largest absolute Gasteiger partial charge is 0.489 e. The Balaban J connectivity index is 2.57. The number of aromatic nitrogens is 1. The Kier molecular flexibility index (Phi) is 4.19. The average Bonchev–Trinajstić information content (AvgIpc) is 2.18. The first-order valence-corrected chi connectivity index (χ1v) is 4.57. The van der Waals surface area contributed by atoms with Gasteiger partial charge < -0.3 is 14.8 Å². The second-order valence-electron chi connectivity index (χ2n) is 3.02. The Morgan fingerprint density at radius 1 is 1.57 bits per heavy atom. The minimum atomic E-state index is 0.132. The van der Waals surface area contributed by atoms with Gasteiger partial charge in [-0.05, 0) is 20.0 Å². The van der Waals surface area contributed by atoms with Gasteiger partial charge in [0.1, 0.15) is 11.9 Å². The molecule has 4 nitrogen and oxygen atoms in total. The number of nitrogens with zero attached hydrogens (tertiary/aromatic N) is 1. The van der Waals surface area contributed by atoms with Crippen LogP contribution in [0.5, 0.6) is 11.6 Å². The van der Waals surface area contributed by atoms with E-state index in [9.17, 15) is 0 Å². The van der Waals surface area contributed by atoms with E-state index in [1.807, 2.05) is 20.0 Å². The third-order valence-corrected chi connectivity index (χ3v) is 1.74. The summed E-state index contributed by atoms with van der Waals surface area (Å²) in [6, 6.07) is 3.58. The highest BCUT2D eigenvalue weighted by Gasteiger charge is 2.03. The molecule has 1 aromatic heterocycles. The van der Waals surface area contributed by atoms with E-state index < -0.39 is 0 Å². The van der Waals surface area contributed by atoms with Gasteiger partial charge in [0.2, 0.25) is 5.88 Å². The molecule has 0 aliphatic rings. The fraction of sp³-hybridized carbons (Fsp3) is 0.500. The molecule has 0 radical (unpaired) electrons. The molecular weight excluding hydrogens is 180 g/mol. The molecule has 14 heavy (non-hydrogen) atoms. The number of ether oxygens (including phenoxy) is 2. The highest BCUT2D eigenvalue weighted by molar-refractivity contribution is 5.26. The molecule has 0 amide bonds. The Bertz CT molecular complexity index is 279. The summed E-state index contributed by atoms with van der Waals surface area (Å²) in [6.45, 7) is 2.81. The van der Waals surface area contributed by atoms with Gasteiger partial charge in [-0.2, -0.15) is 0 Å². The molecule has 0 fully saturated rings. The van der Waals surface area contributed by atoms with E-state index in [4.69, 9.17) is 9.47 Å². The SMILES string of the molecule is CNCC(C)Oc1ccnc(OC)c1. The van der Waals surface area contributed by atoms with Gasteiger partial charge in [0.15, 0.2) is 0 Å². The van der Waals surface area contributed by atoms with Crippen molar-refractivity contribution in [2.45, 2.75) is 13.0 Å². The van der Waals surface area contributed by atoms with E-state index in [0.29, 0.717) is 5.88 Å². The Morgan fingerprint density at radius 2 is 2.36 bits per heavy atom. The Hall–Kier alpha value is -1.29. The van der Waals surface area contributed by atoms with Crippen LogP contribution in [0.3, 0.4) is 0 Å². The second-order valence-corrected chi connectivity index (χ2v) is 3.02. The summed E-state index contributed by atoms with van der Waals surface area (Å²) in [5.74, 6) is 1.35. The highest BCUT2D eigenvalue weighted by Crippen LogP contribution is 2.16. The maximum atomic E-state index is 5.61. The van der Waals surface area contributed by atoms with Crippen molar-refractivity contribution in [3.05, 3.63) is 18.3 Å². The zero-order valence-electron chi connectivity index (χ0n) is 8.78. The van der Waals surface area contributed by atoms with E-state index in [2.05, 4.69) is 10.3 Å². The molecule has 4 heteroatoms. The predicted octanol–water partition coefficient (Wildman–Crippen LogP) is 1.08. The third kappa shape index (κ3) is 3.22. The summed E-state index contributed by atoms with van der Waals surface area (Å²) in [7, 11) is 3.48. The summed E-state index contributed by atoms with van der Waals surface area (Å²) >= 11 is 0. The monoisotopic (exact) mass is 196 g/mol. The molecule has 1 heterocycles. The molecular formula is C10H16N2O2. The summed E-state index contributed by atoms with van der Waals surface area (Å²) in [4.78, 5) is 3.99. The van der Waals surface area contributed by atoms with Crippen LogP contribution in [0, 0.1) is 0 Å². The van der Waals surface area contributed by atoms with E-state index in [1.54, 1.807) is 19.4 Å². The predicted molar refractivity (Wildman–Crippen MR) is 54.8 cm³/mol. The van der Waals surface area contributed by atoms with E-state index in [0.717, 1.165) is 12.3 Å². The van der Waals surface area contributed by atoms with Crippen LogP contribution >= 0.6 is 0 Å².